The molecule has 19 heavy (non-hydrogen) atoms. The fraction of sp³-hybridized carbons (Fsp3) is 0.500. The predicted octanol–water partition coefficient (Wildman–Crippen LogP) is 3.16. The fourth-order valence-corrected chi connectivity index (χ4v) is 2.57. The summed E-state index contributed by atoms with van der Waals surface area (Å²) in [5, 5.41) is 0.749. The molecule has 0 radical (unpaired) electrons. The number of benzene rings is 1. The maximum absolute atomic E-state index is 12.2. The maximum atomic E-state index is 12.2. The molecule has 1 aliphatic heterocycles. The van der Waals surface area contributed by atoms with Gasteiger partial charge in [0.05, 0.1) is 4.32 Å². The highest BCUT2D eigenvalue weighted by atomic mass is 79.9. The lowest BCUT2D eigenvalue weighted by Gasteiger charge is -2.38. The molecule has 1 aromatic carbocycles. The molecule has 0 N–H and O–H groups in total. The number of halogens is 2. The Morgan fingerprint density at radius 1 is 1.16 bits per heavy atom. The van der Waals surface area contributed by atoms with Crippen molar-refractivity contribution in [2.75, 3.05) is 31.1 Å². The summed E-state index contributed by atoms with van der Waals surface area (Å²) in [5.74, 6) is 0.156. The fourth-order valence-electron chi connectivity index (χ4n) is 2.20. The van der Waals surface area contributed by atoms with Crippen molar-refractivity contribution in [1.29, 1.82) is 0 Å². The molecule has 1 saturated heterocycles. The van der Waals surface area contributed by atoms with Crippen LogP contribution in [0.4, 0.5) is 5.69 Å². The second-order valence-corrected chi connectivity index (χ2v) is 7.65. The molecule has 0 atom stereocenters. The third-order valence-corrected chi connectivity index (χ3v) is 3.86. The zero-order chi connectivity index (χ0) is 14.0. The first-order valence-electron chi connectivity index (χ1n) is 6.37. The highest BCUT2D eigenvalue weighted by molar-refractivity contribution is 9.10. The SMILES string of the molecule is CC(C)(Br)C(=O)N1CCN(c2ccc(Cl)cc2)CC1. The minimum Gasteiger partial charge on any atom is -0.368 e. The molecule has 0 saturated carbocycles. The average molecular weight is 346 g/mol. The third kappa shape index (κ3) is 3.63. The Labute approximate surface area is 127 Å². The van der Waals surface area contributed by atoms with E-state index in [2.05, 4.69) is 20.8 Å². The Kier molecular flexibility index (Phi) is 4.41. The van der Waals surface area contributed by atoms with Crippen LogP contribution >= 0.6 is 27.5 Å². The molecule has 104 valence electrons. The van der Waals surface area contributed by atoms with Gasteiger partial charge in [-0.15, -0.1) is 0 Å². The van der Waals surface area contributed by atoms with E-state index in [0.29, 0.717) is 0 Å². The molecule has 1 aromatic rings. The molecule has 1 aliphatic rings. The van der Waals surface area contributed by atoms with Crippen LogP contribution in [0.2, 0.25) is 5.02 Å². The number of alkyl halides is 1. The van der Waals surface area contributed by atoms with Gasteiger partial charge in [-0.25, -0.2) is 0 Å². The molecule has 1 fully saturated rings. The molecule has 0 unspecified atom stereocenters. The number of carbonyl (C=O) groups is 1. The molecule has 1 amide bonds. The maximum Gasteiger partial charge on any atom is 0.239 e. The summed E-state index contributed by atoms with van der Waals surface area (Å²) in [6.07, 6.45) is 0. The van der Waals surface area contributed by atoms with Gasteiger partial charge in [-0.3, -0.25) is 4.79 Å². The molecule has 0 aliphatic carbocycles. The molecule has 0 aromatic heterocycles. The van der Waals surface area contributed by atoms with Gasteiger partial charge in [0.25, 0.3) is 0 Å². The number of hydrogen-bond acceptors (Lipinski definition) is 2. The normalized spacial score (nSPS) is 16.6. The Bertz CT molecular complexity index is 448. The van der Waals surface area contributed by atoms with Crippen molar-refractivity contribution >= 4 is 39.1 Å². The van der Waals surface area contributed by atoms with E-state index in [-0.39, 0.29) is 5.91 Å². The lowest BCUT2D eigenvalue weighted by Crippen LogP contribution is -2.52. The zero-order valence-corrected chi connectivity index (χ0v) is 13.5. The van der Waals surface area contributed by atoms with Crippen molar-refractivity contribution in [3.63, 3.8) is 0 Å². The first-order chi connectivity index (χ1) is 8.88. The van der Waals surface area contributed by atoms with Crippen molar-refractivity contribution < 1.29 is 4.79 Å². The lowest BCUT2D eigenvalue weighted by molar-refractivity contribution is -0.133. The molecule has 5 heteroatoms. The van der Waals surface area contributed by atoms with E-state index >= 15 is 0 Å². The summed E-state index contributed by atoms with van der Waals surface area (Å²) in [6, 6.07) is 7.84. The predicted molar refractivity (Wildman–Crippen MR) is 83.3 cm³/mol. The van der Waals surface area contributed by atoms with Crippen LogP contribution in [0.1, 0.15) is 13.8 Å². The van der Waals surface area contributed by atoms with Gasteiger partial charge in [0.1, 0.15) is 0 Å². The van der Waals surface area contributed by atoms with Crippen LogP contribution in [0.15, 0.2) is 24.3 Å². The summed E-state index contributed by atoms with van der Waals surface area (Å²) < 4.78 is -0.477. The van der Waals surface area contributed by atoms with Crippen molar-refractivity contribution in [3.8, 4) is 0 Å². The monoisotopic (exact) mass is 344 g/mol. The summed E-state index contributed by atoms with van der Waals surface area (Å²) in [6.45, 7) is 7.02. The highest BCUT2D eigenvalue weighted by Gasteiger charge is 2.31. The van der Waals surface area contributed by atoms with Gasteiger partial charge in [0.15, 0.2) is 0 Å². The Hall–Kier alpha value is -0.740. The number of amides is 1. The molecule has 3 nitrogen and oxygen atoms in total. The van der Waals surface area contributed by atoms with Crippen LogP contribution < -0.4 is 4.90 Å². The minimum absolute atomic E-state index is 0.156. The van der Waals surface area contributed by atoms with E-state index in [1.54, 1.807) is 0 Å². The number of hydrogen-bond donors (Lipinski definition) is 0. The highest BCUT2D eigenvalue weighted by Crippen LogP contribution is 2.23. The smallest absolute Gasteiger partial charge is 0.239 e. The van der Waals surface area contributed by atoms with Crippen molar-refractivity contribution in [3.05, 3.63) is 29.3 Å². The quantitative estimate of drug-likeness (QED) is 0.769. The molecular formula is C14H18BrClN2O. The summed E-state index contributed by atoms with van der Waals surface area (Å²) in [4.78, 5) is 16.3. The second-order valence-electron chi connectivity index (χ2n) is 5.23. The minimum atomic E-state index is -0.477. The number of rotatable bonds is 2. The number of piperazine rings is 1. The summed E-state index contributed by atoms with van der Waals surface area (Å²) in [7, 11) is 0. The number of anilines is 1. The number of carbonyl (C=O) groups excluding carboxylic acids is 1. The average Bonchev–Trinajstić information content (AvgIpc) is 2.38. The van der Waals surface area contributed by atoms with Crippen LogP contribution in [0.25, 0.3) is 0 Å². The first kappa shape index (κ1) is 14.7. The van der Waals surface area contributed by atoms with Crippen LogP contribution in [0.5, 0.6) is 0 Å². The summed E-state index contributed by atoms with van der Waals surface area (Å²) >= 11 is 9.32. The Morgan fingerprint density at radius 2 is 1.68 bits per heavy atom. The van der Waals surface area contributed by atoms with Gasteiger partial charge in [-0.2, -0.15) is 0 Å². The van der Waals surface area contributed by atoms with Gasteiger partial charge >= 0.3 is 0 Å². The Balaban J connectivity index is 1.96. The molecule has 1 heterocycles. The molecule has 0 bridgehead atoms. The van der Waals surface area contributed by atoms with Gasteiger partial charge < -0.3 is 9.80 Å². The second kappa shape index (κ2) is 5.71. The summed E-state index contributed by atoms with van der Waals surface area (Å²) in [5.41, 5.74) is 1.16. The first-order valence-corrected chi connectivity index (χ1v) is 7.54. The van der Waals surface area contributed by atoms with E-state index < -0.39 is 4.32 Å². The van der Waals surface area contributed by atoms with E-state index in [9.17, 15) is 4.79 Å². The van der Waals surface area contributed by atoms with E-state index in [4.69, 9.17) is 11.6 Å². The van der Waals surface area contributed by atoms with Crippen molar-refractivity contribution in [2.24, 2.45) is 0 Å². The molecule has 0 spiro atoms. The van der Waals surface area contributed by atoms with Crippen LogP contribution in [-0.2, 0) is 4.79 Å². The van der Waals surface area contributed by atoms with Gasteiger partial charge in [0.2, 0.25) is 5.91 Å². The largest absolute Gasteiger partial charge is 0.368 e. The van der Waals surface area contributed by atoms with Gasteiger partial charge in [0, 0.05) is 36.9 Å². The molecule has 2 rings (SSSR count). The van der Waals surface area contributed by atoms with Crippen molar-refractivity contribution in [2.45, 2.75) is 18.2 Å². The van der Waals surface area contributed by atoms with E-state index in [0.717, 1.165) is 36.9 Å². The Morgan fingerprint density at radius 3 is 2.16 bits per heavy atom. The van der Waals surface area contributed by atoms with E-state index in [1.165, 1.54) is 0 Å². The van der Waals surface area contributed by atoms with Crippen molar-refractivity contribution in [1.82, 2.24) is 4.90 Å². The standard InChI is InChI=1S/C14H18BrClN2O/c1-14(2,15)13(19)18-9-7-17(8-10-18)12-5-3-11(16)4-6-12/h3-6H,7-10H2,1-2H3. The zero-order valence-electron chi connectivity index (χ0n) is 11.2. The lowest BCUT2D eigenvalue weighted by atomic mass is 10.1. The van der Waals surface area contributed by atoms with Crippen LogP contribution in [0, 0.1) is 0 Å². The van der Waals surface area contributed by atoms with Gasteiger partial charge in [-0.05, 0) is 38.1 Å². The van der Waals surface area contributed by atoms with E-state index in [1.807, 2.05) is 43.0 Å². The number of nitrogens with zero attached hydrogens (tertiary/aromatic N) is 2. The van der Waals surface area contributed by atoms with Crippen LogP contribution in [-0.4, -0.2) is 41.3 Å². The topological polar surface area (TPSA) is 23.6 Å². The third-order valence-electron chi connectivity index (χ3n) is 3.27. The van der Waals surface area contributed by atoms with Crippen LogP contribution in [0.3, 0.4) is 0 Å². The van der Waals surface area contributed by atoms with Gasteiger partial charge in [-0.1, -0.05) is 27.5 Å². The molecular weight excluding hydrogens is 328 g/mol.